The molecule has 0 aliphatic carbocycles. The van der Waals surface area contributed by atoms with Crippen LogP contribution in [0.25, 0.3) is 10.4 Å². The van der Waals surface area contributed by atoms with Crippen LogP contribution in [0.3, 0.4) is 0 Å². The van der Waals surface area contributed by atoms with Crippen molar-refractivity contribution in [3.8, 4) is 16.2 Å². The van der Waals surface area contributed by atoms with Crippen LogP contribution in [0.4, 0.5) is 5.69 Å². The van der Waals surface area contributed by atoms with Gasteiger partial charge < -0.3 is 10.1 Å². The molecule has 0 unspecified atom stereocenters. The Morgan fingerprint density at radius 3 is 2.71 bits per heavy atom. The van der Waals surface area contributed by atoms with Crippen LogP contribution in [-0.4, -0.2) is 13.0 Å². The van der Waals surface area contributed by atoms with Gasteiger partial charge in [-0.1, -0.05) is 42.0 Å². The maximum Gasteiger partial charge on any atom is 0.228 e. The van der Waals surface area contributed by atoms with Crippen LogP contribution in [0, 0.1) is 6.92 Å². The normalized spacial score (nSPS) is 10.4. The zero-order chi connectivity index (χ0) is 16.9. The minimum atomic E-state index is -0.0529. The van der Waals surface area contributed by atoms with Gasteiger partial charge in [-0.3, -0.25) is 4.79 Å². The highest BCUT2D eigenvalue weighted by molar-refractivity contribution is 7.13. The Labute approximate surface area is 145 Å². The largest absolute Gasteiger partial charge is 0.496 e. The van der Waals surface area contributed by atoms with E-state index in [9.17, 15) is 4.79 Å². The van der Waals surface area contributed by atoms with E-state index in [1.165, 1.54) is 0 Å². The van der Waals surface area contributed by atoms with E-state index in [2.05, 4.69) is 11.4 Å². The Bertz CT molecular complexity index is 841. The van der Waals surface area contributed by atoms with Crippen molar-refractivity contribution < 1.29 is 9.53 Å². The first kappa shape index (κ1) is 16.3. The van der Waals surface area contributed by atoms with Gasteiger partial charge in [-0.15, -0.1) is 11.3 Å². The van der Waals surface area contributed by atoms with Crippen LogP contribution in [-0.2, 0) is 11.2 Å². The van der Waals surface area contributed by atoms with Crippen molar-refractivity contribution in [2.24, 2.45) is 0 Å². The van der Waals surface area contributed by atoms with Crippen molar-refractivity contribution in [2.45, 2.75) is 13.3 Å². The molecule has 0 saturated heterocycles. The number of hydrogen-bond donors (Lipinski definition) is 1. The average molecular weight is 337 g/mol. The molecular weight excluding hydrogens is 318 g/mol. The topological polar surface area (TPSA) is 38.3 Å². The molecule has 0 aliphatic heterocycles. The molecule has 0 saturated carbocycles. The minimum Gasteiger partial charge on any atom is -0.496 e. The van der Waals surface area contributed by atoms with Crippen molar-refractivity contribution in [1.82, 2.24) is 0 Å². The van der Waals surface area contributed by atoms with Gasteiger partial charge >= 0.3 is 0 Å². The average Bonchev–Trinajstić information content (AvgIpc) is 3.10. The number of thiophene rings is 1. The molecule has 122 valence electrons. The van der Waals surface area contributed by atoms with Crippen molar-refractivity contribution >= 4 is 22.9 Å². The molecule has 2 aromatic carbocycles. The SMILES string of the molecule is COc1ccc(C)cc1CC(=O)Nc1ccccc1-c1cccs1. The van der Waals surface area contributed by atoms with E-state index in [1.54, 1.807) is 18.4 Å². The van der Waals surface area contributed by atoms with Gasteiger partial charge in [0.1, 0.15) is 5.75 Å². The maximum atomic E-state index is 12.5. The van der Waals surface area contributed by atoms with Crippen LogP contribution in [0.1, 0.15) is 11.1 Å². The molecule has 3 rings (SSSR count). The van der Waals surface area contributed by atoms with Crippen LogP contribution in [0.5, 0.6) is 5.75 Å². The summed E-state index contributed by atoms with van der Waals surface area (Å²) in [6, 6.07) is 17.8. The van der Waals surface area contributed by atoms with Gasteiger partial charge in [-0.25, -0.2) is 0 Å². The number of carbonyl (C=O) groups is 1. The van der Waals surface area contributed by atoms with Crippen molar-refractivity contribution in [3.05, 3.63) is 71.1 Å². The maximum absolute atomic E-state index is 12.5. The summed E-state index contributed by atoms with van der Waals surface area (Å²) in [6.45, 7) is 2.01. The number of anilines is 1. The lowest BCUT2D eigenvalue weighted by Crippen LogP contribution is -2.15. The van der Waals surface area contributed by atoms with E-state index in [4.69, 9.17) is 4.74 Å². The van der Waals surface area contributed by atoms with Crippen molar-refractivity contribution in [3.63, 3.8) is 0 Å². The quantitative estimate of drug-likeness (QED) is 0.718. The third kappa shape index (κ3) is 3.66. The molecule has 3 aromatic rings. The first-order chi connectivity index (χ1) is 11.7. The molecule has 1 N–H and O–H groups in total. The lowest BCUT2D eigenvalue weighted by molar-refractivity contribution is -0.115. The number of rotatable bonds is 5. The zero-order valence-corrected chi connectivity index (χ0v) is 14.5. The molecule has 4 heteroatoms. The highest BCUT2D eigenvalue weighted by atomic mass is 32.1. The number of benzene rings is 2. The fourth-order valence-electron chi connectivity index (χ4n) is 2.65. The Morgan fingerprint density at radius 2 is 1.96 bits per heavy atom. The van der Waals surface area contributed by atoms with Gasteiger partial charge in [0.05, 0.1) is 13.5 Å². The second-order valence-electron chi connectivity index (χ2n) is 5.56. The lowest BCUT2D eigenvalue weighted by Gasteiger charge is -2.12. The van der Waals surface area contributed by atoms with E-state index in [0.717, 1.165) is 33.0 Å². The molecule has 0 fully saturated rings. The van der Waals surface area contributed by atoms with Crippen LogP contribution in [0.2, 0.25) is 0 Å². The van der Waals surface area contributed by atoms with E-state index in [-0.39, 0.29) is 12.3 Å². The third-order valence-electron chi connectivity index (χ3n) is 3.77. The Morgan fingerprint density at radius 1 is 1.12 bits per heavy atom. The van der Waals surface area contributed by atoms with E-state index < -0.39 is 0 Å². The number of methoxy groups -OCH3 is 1. The fourth-order valence-corrected chi connectivity index (χ4v) is 3.42. The second-order valence-corrected chi connectivity index (χ2v) is 6.51. The standard InChI is InChI=1S/C20H19NO2S/c1-14-9-10-18(23-2)15(12-14)13-20(22)21-17-7-4-3-6-16(17)19-8-5-11-24-19/h3-12H,13H2,1-2H3,(H,21,22). The monoisotopic (exact) mass is 337 g/mol. The van der Waals surface area contributed by atoms with Crippen molar-refractivity contribution in [1.29, 1.82) is 0 Å². The van der Waals surface area contributed by atoms with E-state index >= 15 is 0 Å². The van der Waals surface area contributed by atoms with Crippen LogP contribution < -0.4 is 10.1 Å². The number of amides is 1. The molecule has 1 aromatic heterocycles. The third-order valence-corrected chi connectivity index (χ3v) is 4.68. The number of carbonyl (C=O) groups excluding carboxylic acids is 1. The number of aryl methyl sites for hydroxylation is 1. The molecular formula is C20H19NO2S. The van der Waals surface area contributed by atoms with Gasteiger partial charge in [0.15, 0.2) is 0 Å². The summed E-state index contributed by atoms with van der Waals surface area (Å²) >= 11 is 1.66. The smallest absolute Gasteiger partial charge is 0.228 e. The molecule has 3 nitrogen and oxygen atoms in total. The molecule has 0 spiro atoms. The summed E-state index contributed by atoms with van der Waals surface area (Å²) in [4.78, 5) is 13.7. The molecule has 24 heavy (non-hydrogen) atoms. The second kappa shape index (κ2) is 7.32. The summed E-state index contributed by atoms with van der Waals surface area (Å²) in [5.74, 6) is 0.685. The molecule has 0 radical (unpaired) electrons. The Hall–Kier alpha value is -2.59. The van der Waals surface area contributed by atoms with Gasteiger partial charge in [-0.05, 0) is 30.5 Å². The Balaban J connectivity index is 1.80. The van der Waals surface area contributed by atoms with Gasteiger partial charge in [0, 0.05) is 21.7 Å². The summed E-state index contributed by atoms with van der Waals surface area (Å²) < 4.78 is 5.36. The summed E-state index contributed by atoms with van der Waals surface area (Å²) in [7, 11) is 1.62. The highest BCUT2D eigenvalue weighted by Gasteiger charge is 2.12. The first-order valence-corrected chi connectivity index (χ1v) is 8.61. The van der Waals surface area contributed by atoms with Gasteiger partial charge in [0.2, 0.25) is 5.91 Å². The Kier molecular flexibility index (Phi) is 4.96. The van der Waals surface area contributed by atoms with E-state index in [1.807, 2.05) is 60.8 Å². The van der Waals surface area contributed by atoms with Crippen LogP contribution in [0.15, 0.2) is 60.0 Å². The molecule has 0 atom stereocenters. The lowest BCUT2D eigenvalue weighted by atomic mass is 10.1. The van der Waals surface area contributed by atoms with E-state index in [0.29, 0.717) is 0 Å². The predicted octanol–water partition coefficient (Wildman–Crippen LogP) is 4.91. The van der Waals surface area contributed by atoms with Crippen LogP contribution >= 0.6 is 11.3 Å². The predicted molar refractivity (Wildman–Crippen MR) is 99.8 cm³/mol. The molecule has 0 bridgehead atoms. The molecule has 0 aliphatic rings. The zero-order valence-electron chi connectivity index (χ0n) is 13.7. The van der Waals surface area contributed by atoms with Gasteiger partial charge in [0.25, 0.3) is 0 Å². The number of nitrogens with one attached hydrogen (secondary N) is 1. The first-order valence-electron chi connectivity index (χ1n) is 7.73. The molecule has 1 amide bonds. The highest BCUT2D eigenvalue weighted by Crippen LogP contribution is 2.31. The number of ether oxygens (including phenoxy) is 1. The summed E-state index contributed by atoms with van der Waals surface area (Å²) in [5.41, 5.74) is 3.87. The number of hydrogen-bond acceptors (Lipinski definition) is 3. The summed E-state index contributed by atoms with van der Waals surface area (Å²) in [6.07, 6.45) is 0.281. The minimum absolute atomic E-state index is 0.0529. The molecule has 1 heterocycles. The summed E-state index contributed by atoms with van der Waals surface area (Å²) in [5, 5.41) is 5.06. The number of para-hydroxylation sites is 1. The van der Waals surface area contributed by atoms with Crippen molar-refractivity contribution in [2.75, 3.05) is 12.4 Å². The fraction of sp³-hybridized carbons (Fsp3) is 0.150. The van der Waals surface area contributed by atoms with Gasteiger partial charge in [-0.2, -0.15) is 0 Å².